The summed E-state index contributed by atoms with van der Waals surface area (Å²) in [6.45, 7) is 4.92. The highest BCUT2D eigenvalue weighted by Crippen LogP contribution is 2.22. The largest absolute Gasteiger partial charge is 0.381 e. The molecule has 4 heteroatoms. The molecule has 0 saturated carbocycles. The number of hydrogen-bond acceptors (Lipinski definition) is 3. The van der Waals surface area contributed by atoms with E-state index in [0.717, 1.165) is 23.5 Å². The van der Waals surface area contributed by atoms with Crippen LogP contribution in [-0.2, 0) is 11.3 Å². The van der Waals surface area contributed by atoms with Crippen molar-refractivity contribution in [2.45, 2.75) is 26.8 Å². The third kappa shape index (κ3) is 3.59. The van der Waals surface area contributed by atoms with Crippen molar-refractivity contribution in [3.63, 3.8) is 0 Å². The summed E-state index contributed by atoms with van der Waals surface area (Å²) in [7, 11) is 0. The number of amides is 1. The molecule has 23 heavy (non-hydrogen) atoms. The monoisotopic (exact) mass is 307 g/mol. The lowest BCUT2D eigenvalue weighted by atomic mass is 9.93. The summed E-state index contributed by atoms with van der Waals surface area (Å²) in [5.74, 6) is 0.130. The van der Waals surface area contributed by atoms with Crippen molar-refractivity contribution in [2.24, 2.45) is 11.0 Å². The Morgan fingerprint density at radius 1 is 1.22 bits per heavy atom. The molecule has 118 valence electrons. The minimum atomic E-state index is -0.0147. The molecule has 1 amide bonds. The first-order chi connectivity index (χ1) is 11.1. The zero-order valence-electron chi connectivity index (χ0n) is 13.5. The van der Waals surface area contributed by atoms with Gasteiger partial charge in [-0.3, -0.25) is 4.79 Å². The number of carbonyl (C=O) groups is 1. The van der Waals surface area contributed by atoms with Crippen molar-refractivity contribution < 1.29 is 4.79 Å². The second-order valence-corrected chi connectivity index (χ2v) is 6.01. The van der Waals surface area contributed by atoms with Gasteiger partial charge < -0.3 is 5.32 Å². The molecular weight excluding hydrogens is 286 g/mol. The quantitative estimate of drug-likeness (QED) is 0.909. The Morgan fingerprint density at radius 2 is 2.00 bits per heavy atom. The van der Waals surface area contributed by atoms with Crippen LogP contribution in [0, 0.1) is 12.8 Å². The van der Waals surface area contributed by atoms with Crippen LogP contribution in [0.15, 0.2) is 53.6 Å². The van der Waals surface area contributed by atoms with Crippen molar-refractivity contribution in [3.8, 4) is 0 Å². The van der Waals surface area contributed by atoms with E-state index in [1.54, 1.807) is 0 Å². The van der Waals surface area contributed by atoms with E-state index in [1.165, 1.54) is 11.1 Å². The minimum absolute atomic E-state index is 0.0147. The van der Waals surface area contributed by atoms with E-state index in [9.17, 15) is 4.79 Å². The summed E-state index contributed by atoms with van der Waals surface area (Å²) < 4.78 is 0. The Hall–Kier alpha value is -2.62. The van der Waals surface area contributed by atoms with Gasteiger partial charge in [-0.05, 0) is 35.7 Å². The predicted molar refractivity (Wildman–Crippen MR) is 93.4 cm³/mol. The fourth-order valence-electron chi connectivity index (χ4n) is 2.82. The van der Waals surface area contributed by atoms with Gasteiger partial charge in [0.2, 0.25) is 5.91 Å². The van der Waals surface area contributed by atoms with Crippen LogP contribution in [0.3, 0.4) is 0 Å². The summed E-state index contributed by atoms with van der Waals surface area (Å²) in [6.07, 6.45) is 0.492. The van der Waals surface area contributed by atoms with E-state index in [4.69, 9.17) is 0 Å². The van der Waals surface area contributed by atoms with Crippen molar-refractivity contribution >= 4 is 17.3 Å². The highest BCUT2D eigenvalue weighted by atomic mass is 16.2. The first kappa shape index (κ1) is 15.3. The lowest BCUT2D eigenvalue weighted by Crippen LogP contribution is -2.32. The normalized spacial score (nSPS) is 17.4. The second-order valence-electron chi connectivity index (χ2n) is 6.01. The van der Waals surface area contributed by atoms with Crippen molar-refractivity contribution in [1.82, 2.24) is 5.43 Å². The smallest absolute Gasteiger partial charge is 0.240 e. The maximum Gasteiger partial charge on any atom is 0.240 e. The maximum atomic E-state index is 11.4. The highest BCUT2D eigenvalue weighted by Gasteiger charge is 2.21. The fourth-order valence-corrected chi connectivity index (χ4v) is 2.82. The highest BCUT2D eigenvalue weighted by molar-refractivity contribution is 6.06. The van der Waals surface area contributed by atoms with Gasteiger partial charge in [-0.1, -0.05) is 43.3 Å². The summed E-state index contributed by atoms with van der Waals surface area (Å²) in [5.41, 5.74) is 8.13. The van der Waals surface area contributed by atoms with Gasteiger partial charge in [0.15, 0.2) is 0 Å². The lowest BCUT2D eigenvalue weighted by molar-refractivity contribution is -0.121. The minimum Gasteiger partial charge on any atom is -0.381 e. The molecule has 0 bridgehead atoms. The number of carbonyl (C=O) groups excluding carboxylic acids is 1. The second kappa shape index (κ2) is 6.65. The van der Waals surface area contributed by atoms with Gasteiger partial charge in [-0.25, -0.2) is 5.43 Å². The van der Waals surface area contributed by atoms with Gasteiger partial charge >= 0.3 is 0 Å². The number of benzene rings is 2. The van der Waals surface area contributed by atoms with E-state index < -0.39 is 0 Å². The molecule has 0 spiro atoms. The Balaban J connectivity index is 1.74. The molecule has 0 saturated heterocycles. The number of rotatable bonds is 4. The zero-order valence-corrected chi connectivity index (χ0v) is 13.5. The molecule has 1 aliphatic rings. The first-order valence-corrected chi connectivity index (χ1v) is 7.88. The average molecular weight is 307 g/mol. The molecule has 0 radical (unpaired) electrons. The number of aryl methyl sites for hydroxylation is 1. The van der Waals surface area contributed by atoms with Crippen LogP contribution in [0.25, 0.3) is 0 Å². The van der Waals surface area contributed by atoms with E-state index in [0.29, 0.717) is 6.42 Å². The fraction of sp³-hybridized carbons (Fsp3) is 0.263. The molecule has 0 aromatic heterocycles. The van der Waals surface area contributed by atoms with E-state index in [2.05, 4.69) is 53.1 Å². The Bertz CT molecular complexity index is 738. The SMILES string of the molecule is Cc1cc(C2=NNC(=O)CC2C)ccc1NCc1ccccc1. The van der Waals surface area contributed by atoms with Gasteiger partial charge in [0.1, 0.15) is 0 Å². The summed E-state index contributed by atoms with van der Waals surface area (Å²) in [4.78, 5) is 11.4. The van der Waals surface area contributed by atoms with Crippen molar-refractivity contribution in [3.05, 3.63) is 65.2 Å². The molecular formula is C19H21N3O. The van der Waals surface area contributed by atoms with Gasteiger partial charge in [0.25, 0.3) is 0 Å². The molecule has 0 fully saturated rings. The summed E-state index contributed by atoms with van der Waals surface area (Å²) in [5, 5.41) is 7.69. The number of nitrogens with one attached hydrogen (secondary N) is 2. The molecule has 2 aromatic rings. The Kier molecular flexibility index (Phi) is 4.42. The Morgan fingerprint density at radius 3 is 2.70 bits per heavy atom. The van der Waals surface area contributed by atoms with Crippen LogP contribution < -0.4 is 10.7 Å². The molecule has 1 heterocycles. The predicted octanol–water partition coefficient (Wildman–Crippen LogP) is 3.47. The molecule has 2 aromatic carbocycles. The molecule has 1 atom stereocenters. The summed E-state index contributed by atoms with van der Waals surface area (Å²) in [6, 6.07) is 16.6. The van der Waals surface area contributed by atoms with Gasteiger partial charge in [-0.2, -0.15) is 5.10 Å². The summed E-state index contributed by atoms with van der Waals surface area (Å²) >= 11 is 0. The van der Waals surface area contributed by atoms with E-state index >= 15 is 0 Å². The van der Waals surface area contributed by atoms with Gasteiger partial charge in [0, 0.05) is 24.6 Å². The third-order valence-corrected chi connectivity index (χ3v) is 4.11. The average Bonchev–Trinajstić information content (AvgIpc) is 2.55. The molecule has 2 N–H and O–H groups in total. The molecule has 0 aliphatic carbocycles. The Labute approximate surface area is 136 Å². The lowest BCUT2D eigenvalue weighted by Gasteiger charge is -2.20. The van der Waals surface area contributed by atoms with E-state index in [-0.39, 0.29) is 11.8 Å². The molecule has 1 unspecified atom stereocenters. The van der Waals surface area contributed by atoms with Crippen molar-refractivity contribution in [1.29, 1.82) is 0 Å². The van der Waals surface area contributed by atoms with Crippen LogP contribution in [-0.4, -0.2) is 11.6 Å². The standard InChI is InChI=1S/C19H21N3O/c1-13-10-16(19-14(2)11-18(23)21-22-19)8-9-17(13)20-12-15-6-4-3-5-7-15/h3-10,14,20H,11-12H2,1-2H3,(H,21,23). The van der Waals surface area contributed by atoms with Crippen molar-refractivity contribution in [2.75, 3.05) is 5.32 Å². The first-order valence-electron chi connectivity index (χ1n) is 7.88. The van der Waals surface area contributed by atoms with Gasteiger partial charge in [0.05, 0.1) is 5.71 Å². The van der Waals surface area contributed by atoms with Crippen LogP contribution >= 0.6 is 0 Å². The van der Waals surface area contributed by atoms with Crippen LogP contribution in [0.2, 0.25) is 0 Å². The van der Waals surface area contributed by atoms with Gasteiger partial charge in [-0.15, -0.1) is 0 Å². The van der Waals surface area contributed by atoms with Crippen LogP contribution in [0.4, 0.5) is 5.69 Å². The molecule has 4 nitrogen and oxygen atoms in total. The molecule has 1 aliphatic heterocycles. The number of anilines is 1. The zero-order chi connectivity index (χ0) is 16.2. The number of hydrazone groups is 1. The number of hydrogen-bond donors (Lipinski definition) is 2. The van der Waals surface area contributed by atoms with E-state index in [1.807, 2.05) is 25.1 Å². The van der Waals surface area contributed by atoms with Crippen LogP contribution in [0.1, 0.15) is 30.0 Å². The molecule has 3 rings (SSSR count). The number of nitrogens with zero attached hydrogens (tertiary/aromatic N) is 1. The van der Waals surface area contributed by atoms with Crippen LogP contribution in [0.5, 0.6) is 0 Å². The maximum absolute atomic E-state index is 11.4. The topological polar surface area (TPSA) is 53.5 Å². The third-order valence-electron chi connectivity index (χ3n) is 4.11.